The van der Waals surface area contributed by atoms with Crippen LogP contribution in [0.2, 0.25) is 0 Å². The monoisotopic (exact) mass is 223 g/mol. The van der Waals surface area contributed by atoms with Crippen molar-refractivity contribution in [3.63, 3.8) is 0 Å². The molecule has 0 N–H and O–H groups in total. The number of piperazine rings is 1. The lowest BCUT2D eigenvalue weighted by Gasteiger charge is -2.29. The van der Waals surface area contributed by atoms with Crippen LogP contribution < -0.4 is 0 Å². The molecule has 0 aliphatic carbocycles. The van der Waals surface area contributed by atoms with Crippen molar-refractivity contribution in [2.45, 2.75) is 12.8 Å². The molecule has 2 fully saturated rings. The van der Waals surface area contributed by atoms with Crippen molar-refractivity contribution in [1.82, 2.24) is 14.9 Å². The number of hydrazone groups is 2. The van der Waals surface area contributed by atoms with Crippen molar-refractivity contribution in [3.8, 4) is 0 Å². The predicted molar refractivity (Wildman–Crippen MR) is 66.9 cm³/mol. The number of likely N-dealkylation sites (N-methyl/N-ethyl adjacent to an activating group) is 1. The van der Waals surface area contributed by atoms with Crippen molar-refractivity contribution in [3.05, 3.63) is 0 Å². The second-order valence-electron chi connectivity index (χ2n) is 4.45. The first-order valence-electron chi connectivity index (χ1n) is 6.09. The fraction of sp³-hybridized carbons (Fsp3) is 0.818. The minimum atomic E-state index is 1.02. The number of hydrogen-bond donors (Lipinski definition) is 0. The molecule has 0 saturated carbocycles. The van der Waals surface area contributed by atoms with E-state index in [1.165, 1.54) is 12.8 Å². The van der Waals surface area contributed by atoms with E-state index in [9.17, 15) is 0 Å². The number of hydrogen-bond acceptors (Lipinski definition) is 5. The highest BCUT2D eigenvalue weighted by atomic mass is 15.5. The molecule has 0 aromatic carbocycles. The molecular weight excluding hydrogens is 202 g/mol. The Bertz CT molecular complexity index is 249. The smallest absolute Gasteiger partial charge is 0.0671 e. The minimum absolute atomic E-state index is 1.02. The first kappa shape index (κ1) is 11.4. The van der Waals surface area contributed by atoms with Gasteiger partial charge in [-0.25, -0.2) is 0 Å². The van der Waals surface area contributed by atoms with Crippen LogP contribution in [0.5, 0.6) is 0 Å². The molecule has 16 heavy (non-hydrogen) atoms. The van der Waals surface area contributed by atoms with Crippen molar-refractivity contribution in [2.75, 3.05) is 46.3 Å². The van der Waals surface area contributed by atoms with Crippen LogP contribution in [0.15, 0.2) is 10.2 Å². The molecule has 2 aliphatic heterocycles. The topological polar surface area (TPSA) is 34.4 Å². The van der Waals surface area contributed by atoms with Crippen LogP contribution in [0.3, 0.4) is 0 Å². The van der Waals surface area contributed by atoms with Gasteiger partial charge in [-0.1, -0.05) is 0 Å². The summed E-state index contributed by atoms with van der Waals surface area (Å²) in [7, 11) is 2.15. The Labute approximate surface area is 97.4 Å². The summed E-state index contributed by atoms with van der Waals surface area (Å²) >= 11 is 0. The Balaban J connectivity index is 1.68. The van der Waals surface area contributed by atoms with E-state index in [1.54, 1.807) is 0 Å². The van der Waals surface area contributed by atoms with Crippen LogP contribution >= 0.6 is 0 Å². The summed E-state index contributed by atoms with van der Waals surface area (Å²) in [6.45, 7) is 6.42. The van der Waals surface area contributed by atoms with Crippen molar-refractivity contribution in [2.24, 2.45) is 10.2 Å². The molecular formula is C11H21N5. The summed E-state index contributed by atoms with van der Waals surface area (Å²) in [6, 6.07) is 0. The summed E-state index contributed by atoms with van der Waals surface area (Å²) in [5, 5.41) is 12.9. The third-order valence-corrected chi connectivity index (χ3v) is 3.09. The molecule has 5 nitrogen and oxygen atoms in total. The highest BCUT2D eigenvalue weighted by molar-refractivity contribution is 6.15. The van der Waals surface area contributed by atoms with E-state index < -0.39 is 0 Å². The Morgan fingerprint density at radius 3 is 1.81 bits per heavy atom. The zero-order chi connectivity index (χ0) is 11.2. The quantitative estimate of drug-likeness (QED) is 0.646. The van der Waals surface area contributed by atoms with Gasteiger partial charge in [0.1, 0.15) is 0 Å². The molecule has 2 heterocycles. The lowest BCUT2D eigenvalue weighted by Crippen LogP contribution is -2.41. The van der Waals surface area contributed by atoms with Crippen molar-refractivity contribution in [1.29, 1.82) is 0 Å². The fourth-order valence-corrected chi connectivity index (χ4v) is 1.98. The lowest BCUT2D eigenvalue weighted by atomic mass is 10.4. The average molecular weight is 223 g/mol. The zero-order valence-corrected chi connectivity index (χ0v) is 10.0. The van der Waals surface area contributed by atoms with E-state index in [0.29, 0.717) is 0 Å². The highest BCUT2D eigenvalue weighted by Crippen LogP contribution is 2.06. The maximum atomic E-state index is 4.38. The van der Waals surface area contributed by atoms with Gasteiger partial charge in [0.25, 0.3) is 0 Å². The van der Waals surface area contributed by atoms with Crippen LogP contribution in [-0.2, 0) is 0 Å². The normalized spacial score (nSPS) is 24.1. The van der Waals surface area contributed by atoms with E-state index >= 15 is 0 Å². The van der Waals surface area contributed by atoms with Gasteiger partial charge < -0.3 is 4.90 Å². The maximum absolute atomic E-state index is 4.38. The van der Waals surface area contributed by atoms with E-state index in [-0.39, 0.29) is 0 Å². The van der Waals surface area contributed by atoms with Crippen LogP contribution in [0.4, 0.5) is 0 Å². The van der Waals surface area contributed by atoms with Gasteiger partial charge in [0.15, 0.2) is 0 Å². The fourth-order valence-electron chi connectivity index (χ4n) is 1.98. The molecule has 0 radical (unpaired) electrons. The average Bonchev–Trinajstić information content (AvgIpc) is 2.80. The van der Waals surface area contributed by atoms with Gasteiger partial charge in [-0.2, -0.15) is 10.2 Å². The van der Waals surface area contributed by atoms with Crippen LogP contribution in [0.1, 0.15) is 12.8 Å². The number of rotatable bonds is 3. The molecule has 90 valence electrons. The third kappa shape index (κ3) is 3.48. The van der Waals surface area contributed by atoms with Gasteiger partial charge in [-0.05, 0) is 19.9 Å². The predicted octanol–water partition coefficient (Wildman–Crippen LogP) is 0.301. The first-order chi connectivity index (χ1) is 7.84. The molecule has 0 aromatic heterocycles. The summed E-state index contributed by atoms with van der Waals surface area (Å²) in [6.07, 6.45) is 6.16. The van der Waals surface area contributed by atoms with Gasteiger partial charge in [0, 0.05) is 39.3 Å². The SMILES string of the molecule is CN1CCN(N=CC=NN2CCCC2)CC1. The molecule has 0 spiro atoms. The maximum Gasteiger partial charge on any atom is 0.0671 e. The van der Waals surface area contributed by atoms with Crippen LogP contribution in [0.25, 0.3) is 0 Å². The highest BCUT2D eigenvalue weighted by Gasteiger charge is 2.10. The lowest BCUT2D eigenvalue weighted by molar-refractivity contribution is 0.160. The van der Waals surface area contributed by atoms with Gasteiger partial charge in [0.05, 0.1) is 12.4 Å². The van der Waals surface area contributed by atoms with Gasteiger partial charge >= 0.3 is 0 Å². The summed E-state index contributed by atoms with van der Waals surface area (Å²) < 4.78 is 0. The van der Waals surface area contributed by atoms with Gasteiger partial charge in [-0.15, -0.1) is 0 Å². The van der Waals surface area contributed by atoms with Crippen LogP contribution in [0, 0.1) is 0 Å². The minimum Gasteiger partial charge on any atom is -0.303 e. The second-order valence-corrected chi connectivity index (χ2v) is 4.45. The molecule has 2 aliphatic rings. The molecule has 2 saturated heterocycles. The Morgan fingerprint density at radius 1 is 0.750 bits per heavy atom. The molecule has 0 amide bonds. The molecule has 0 aromatic rings. The Hall–Kier alpha value is -1.10. The second kappa shape index (κ2) is 5.84. The summed E-state index contributed by atoms with van der Waals surface area (Å²) in [5.74, 6) is 0. The molecule has 5 heteroatoms. The molecule has 2 rings (SSSR count). The largest absolute Gasteiger partial charge is 0.303 e. The number of nitrogens with zero attached hydrogens (tertiary/aromatic N) is 5. The van der Waals surface area contributed by atoms with Crippen LogP contribution in [-0.4, -0.2) is 73.7 Å². The van der Waals surface area contributed by atoms with E-state index in [2.05, 4.69) is 32.2 Å². The standard InChI is InChI=1S/C11H21N5/c1-14-8-10-16(11-9-14)13-5-4-12-15-6-2-3-7-15/h4-5H,2-3,6-11H2,1H3. The van der Waals surface area contributed by atoms with Gasteiger partial charge in [-0.3, -0.25) is 10.0 Å². The summed E-state index contributed by atoms with van der Waals surface area (Å²) in [4.78, 5) is 2.32. The molecule has 0 atom stereocenters. The van der Waals surface area contributed by atoms with E-state index in [0.717, 1.165) is 39.3 Å². The van der Waals surface area contributed by atoms with Crippen molar-refractivity contribution >= 4 is 12.4 Å². The van der Waals surface area contributed by atoms with Gasteiger partial charge in [0.2, 0.25) is 0 Å². The summed E-state index contributed by atoms with van der Waals surface area (Å²) in [5.41, 5.74) is 0. The third-order valence-electron chi connectivity index (χ3n) is 3.09. The Kier molecular flexibility index (Phi) is 4.16. The van der Waals surface area contributed by atoms with E-state index in [4.69, 9.17) is 0 Å². The Morgan fingerprint density at radius 2 is 1.25 bits per heavy atom. The first-order valence-corrected chi connectivity index (χ1v) is 6.09. The van der Waals surface area contributed by atoms with Crippen molar-refractivity contribution < 1.29 is 0 Å². The zero-order valence-electron chi connectivity index (χ0n) is 10.0. The molecule has 0 unspecified atom stereocenters. The molecule has 0 bridgehead atoms. The van der Waals surface area contributed by atoms with E-state index in [1.807, 2.05) is 12.4 Å².